The quantitative estimate of drug-likeness (QED) is 0.206. The van der Waals surface area contributed by atoms with Crippen LogP contribution in [0.5, 0.6) is 11.5 Å². The number of hydrogen-bond donors (Lipinski definition) is 1. The third-order valence-corrected chi connectivity index (χ3v) is 7.81. The zero-order chi connectivity index (χ0) is 30.8. The summed E-state index contributed by atoms with van der Waals surface area (Å²) in [6, 6.07) is 12.0. The highest BCUT2D eigenvalue weighted by Gasteiger charge is 2.38. The van der Waals surface area contributed by atoms with E-state index in [2.05, 4.69) is 19.6 Å². The van der Waals surface area contributed by atoms with Crippen LogP contribution < -0.4 is 14.4 Å². The molecule has 0 radical (unpaired) electrons. The molecular weight excluding hydrogens is 546 g/mol. The second-order valence-corrected chi connectivity index (χ2v) is 12.4. The maximum atomic E-state index is 13.8. The average Bonchev–Trinajstić information content (AvgIpc) is 3.46. The number of fused-ring (bicyclic) bond motifs is 4. The van der Waals surface area contributed by atoms with Crippen molar-refractivity contribution >= 4 is 22.7 Å². The Morgan fingerprint density at radius 3 is 2.47 bits per heavy atom. The van der Waals surface area contributed by atoms with Gasteiger partial charge in [-0.1, -0.05) is 32.4 Å². The molecule has 5 rings (SSSR count). The number of rotatable bonds is 13. The van der Waals surface area contributed by atoms with E-state index in [1.807, 2.05) is 49.1 Å². The van der Waals surface area contributed by atoms with Crippen molar-refractivity contribution in [3.63, 3.8) is 0 Å². The predicted molar refractivity (Wildman–Crippen MR) is 167 cm³/mol. The fourth-order valence-electron chi connectivity index (χ4n) is 5.64. The summed E-state index contributed by atoms with van der Waals surface area (Å²) >= 11 is 0. The van der Waals surface area contributed by atoms with Crippen molar-refractivity contribution in [1.29, 1.82) is 0 Å². The molecule has 0 aromatic heterocycles. The number of amides is 1. The Morgan fingerprint density at radius 2 is 1.77 bits per heavy atom. The molecule has 3 aliphatic rings. The maximum absolute atomic E-state index is 13.8. The Balaban J connectivity index is 1.40. The number of nitrogens with zero attached hydrogens (tertiary/aromatic N) is 1. The van der Waals surface area contributed by atoms with Crippen LogP contribution in [0.25, 0.3) is 11.1 Å². The van der Waals surface area contributed by atoms with Gasteiger partial charge in [-0.2, -0.15) is 0 Å². The molecule has 8 heteroatoms. The summed E-state index contributed by atoms with van der Waals surface area (Å²) < 4.78 is 29.2. The zero-order valence-electron chi connectivity index (χ0n) is 26.2. The Bertz CT molecular complexity index is 1390. The number of carbonyl (C=O) groups excluding carboxylic acids is 1. The molecule has 1 amide bonds. The summed E-state index contributed by atoms with van der Waals surface area (Å²) in [5.41, 5.74) is 7.12. The molecule has 43 heavy (non-hydrogen) atoms. The lowest BCUT2D eigenvalue weighted by Gasteiger charge is -2.28. The standard InChI is InChI=1S/C35H45NO7/c1-7-8-9-11-31(37)36-20-24-18-25(39-16-10-17-41-34(3,4)38)12-14-28(24)32-23(2)33(32)29-15-13-26(19-30(29)36)40-21-27-22-42-35(5,6)43-27/h12-15,18-19,27,38H,2,7-11,16-17,20-22H2,1,3-6H3. The maximum Gasteiger partial charge on any atom is 0.227 e. The minimum Gasteiger partial charge on any atom is -0.493 e. The number of anilines is 1. The first kappa shape index (κ1) is 31.3. The van der Waals surface area contributed by atoms with Crippen molar-refractivity contribution in [2.75, 3.05) is 31.3 Å². The number of benzene rings is 2. The monoisotopic (exact) mass is 591 g/mol. The zero-order valence-corrected chi connectivity index (χ0v) is 26.2. The normalized spacial score (nSPS) is 18.9. The average molecular weight is 592 g/mol. The van der Waals surface area contributed by atoms with E-state index in [1.54, 1.807) is 13.8 Å². The minimum absolute atomic E-state index is 0.0810. The van der Waals surface area contributed by atoms with Crippen molar-refractivity contribution in [1.82, 2.24) is 0 Å². The molecule has 0 spiro atoms. The Morgan fingerprint density at radius 1 is 1.05 bits per heavy atom. The van der Waals surface area contributed by atoms with Gasteiger partial charge in [0.15, 0.2) is 11.6 Å². The lowest BCUT2D eigenvalue weighted by molar-refractivity contribution is -0.176. The molecule has 232 valence electrons. The van der Waals surface area contributed by atoms with Crippen LogP contribution in [0.2, 0.25) is 0 Å². The highest BCUT2D eigenvalue weighted by Crippen LogP contribution is 2.56. The van der Waals surface area contributed by atoms with Gasteiger partial charge in [0.05, 0.1) is 32.1 Å². The van der Waals surface area contributed by atoms with E-state index < -0.39 is 11.6 Å². The topological polar surface area (TPSA) is 86.7 Å². The van der Waals surface area contributed by atoms with Crippen LogP contribution in [-0.4, -0.2) is 55.1 Å². The lowest BCUT2D eigenvalue weighted by atomic mass is 9.99. The molecule has 2 aromatic carbocycles. The summed E-state index contributed by atoms with van der Waals surface area (Å²) in [5.74, 6) is -0.286. The molecule has 1 atom stereocenters. The Kier molecular flexibility index (Phi) is 9.32. The van der Waals surface area contributed by atoms with Crippen LogP contribution in [0.1, 0.15) is 83.4 Å². The molecule has 1 unspecified atom stereocenters. The molecule has 1 fully saturated rings. The molecule has 1 saturated heterocycles. The van der Waals surface area contributed by atoms with Crippen molar-refractivity contribution in [2.24, 2.45) is 0 Å². The number of allylic oxidation sites excluding steroid dienone is 3. The summed E-state index contributed by atoms with van der Waals surface area (Å²) in [6.45, 7) is 15.6. The van der Waals surface area contributed by atoms with E-state index in [1.165, 1.54) is 0 Å². The van der Waals surface area contributed by atoms with Gasteiger partial charge in [0, 0.05) is 24.5 Å². The molecule has 1 N–H and O–H groups in total. The minimum atomic E-state index is -1.16. The van der Waals surface area contributed by atoms with Gasteiger partial charge in [0.25, 0.3) is 0 Å². The van der Waals surface area contributed by atoms with Crippen LogP contribution >= 0.6 is 0 Å². The number of ether oxygens (including phenoxy) is 5. The lowest BCUT2D eigenvalue weighted by Crippen LogP contribution is -2.31. The van der Waals surface area contributed by atoms with Gasteiger partial charge in [-0.15, -0.1) is 0 Å². The number of unbranched alkanes of at least 4 members (excludes halogenated alkanes) is 2. The SMILES string of the molecule is C=C1C2=C1c1ccc(OCC3COC(C)(C)O3)cc1N(C(=O)CCCCC)Cc1cc(OCCCOC(C)(C)O)ccc12. The second kappa shape index (κ2) is 12.8. The largest absolute Gasteiger partial charge is 0.493 e. The molecule has 2 aliphatic heterocycles. The highest BCUT2D eigenvalue weighted by atomic mass is 16.7. The number of hydrogen-bond acceptors (Lipinski definition) is 7. The van der Waals surface area contributed by atoms with Gasteiger partial charge < -0.3 is 33.7 Å². The number of carbonyl (C=O) groups is 1. The second-order valence-electron chi connectivity index (χ2n) is 12.4. The van der Waals surface area contributed by atoms with Gasteiger partial charge in [0.1, 0.15) is 24.2 Å². The summed E-state index contributed by atoms with van der Waals surface area (Å²) in [5, 5.41) is 9.76. The van der Waals surface area contributed by atoms with Crippen molar-refractivity contribution in [2.45, 2.75) is 90.9 Å². The van der Waals surface area contributed by atoms with Gasteiger partial charge >= 0.3 is 0 Å². The molecule has 1 aliphatic carbocycles. The van der Waals surface area contributed by atoms with E-state index in [0.717, 1.165) is 64.1 Å². The number of aliphatic hydroxyl groups is 1. The summed E-state index contributed by atoms with van der Waals surface area (Å²) in [4.78, 5) is 15.7. The van der Waals surface area contributed by atoms with E-state index in [0.29, 0.717) is 51.6 Å². The predicted octanol–water partition coefficient (Wildman–Crippen LogP) is 6.64. The Hall–Kier alpha value is -3.17. The molecule has 2 aromatic rings. The summed E-state index contributed by atoms with van der Waals surface area (Å²) in [7, 11) is 0. The molecule has 0 saturated carbocycles. The first-order valence-corrected chi connectivity index (χ1v) is 15.4. The molecular formula is C35H45NO7. The first-order chi connectivity index (χ1) is 20.5. The Labute approximate surface area is 255 Å². The smallest absolute Gasteiger partial charge is 0.227 e. The van der Waals surface area contributed by atoms with E-state index in [-0.39, 0.29) is 12.0 Å². The first-order valence-electron chi connectivity index (χ1n) is 15.4. The van der Waals surface area contributed by atoms with Gasteiger partial charge in [-0.05, 0) is 86.2 Å². The van der Waals surface area contributed by atoms with Crippen molar-refractivity contribution < 1.29 is 33.6 Å². The molecule has 8 nitrogen and oxygen atoms in total. The van der Waals surface area contributed by atoms with Crippen molar-refractivity contribution in [3.05, 3.63) is 65.2 Å². The van der Waals surface area contributed by atoms with Gasteiger partial charge in [-0.3, -0.25) is 4.79 Å². The van der Waals surface area contributed by atoms with Gasteiger partial charge in [-0.25, -0.2) is 0 Å². The van der Waals surface area contributed by atoms with Crippen molar-refractivity contribution in [3.8, 4) is 11.5 Å². The molecule has 0 bridgehead atoms. The third kappa shape index (κ3) is 7.68. The van der Waals surface area contributed by atoms with Gasteiger partial charge in [0.2, 0.25) is 5.91 Å². The van der Waals surface area contributed by atoms with Crippen LogP contribution in [0.4, 0.5) is 5.69 Å². The fourth-order valence-corrected chi connectivity index (χ4v) is 5.64. The molecule has 2 heterocycles. The van der Waals surface area contributed by atoms with E-state index in [9.17, 15) is 9.90 Å². The highest BCUT2D eigenvalue weighted by molar-refractivity contribution is 6.27. The third-order valence-electron chi connectivity index (χ3n) is 7.81. The van der Waals surface area contributed by atoms with Crippen LogP contribution in [-0.2, 0) is 25.5 Å². The van der Waals surface area contributed by atoms with Crippen LogP contribution in [0.15, 0.2) is 48.6 Å². The van der Waals surface area contributed by atoms with Crippen LogP contribution in [0, 0.1) is 0 Å². The fraction of sp³-hybridized carbons (Fsp3) is 0.514. The van der Waals surface area contributed by atoms with E-state index >= 15 is 0 Å². The van der Waals surface area contributed by atoms with Crippen LogP contribution in [0.3, 0.4) is 0 Å². The van der Waals surface area contributed by atoms with E-state index in [4.69, 9.17) is 23.7 Å². The summed E-state index contributed by atoms with van der Waals surface area (Å²) in [6.07, 6.45) is 3.85.